The normalized spacial score (nSPS) is 11.8. The van der Waals surface area contributed by atoms with Gasteiger partial charge < -0.3 is 5.11 Å². The smallest absolute Gasteiger partial charge is 0.416 e. The molecule has 0 heterocycles. The van der Waals surface area contributed by atoms with Gasteiger partial charge in [0.15, 0.2) is 0 Å². The number of alkyl halides is 3. The molecule has 0 aromatic heterocycles. The fourth-order valence-corrected chi connectivity index (χ4v) is 1.44. The largest absolute Gasteiger partial charge is 0.481 e. The Balaban J connectivity index is 0.00000289. The standard InChI is InChI=1S/C12H13F3O2.Zn/c1-11(2,10(16)17)7-8-4-3-5-9(6-8)12(13,14)15;/h3-6H,7H2,1-2H3,(H,16,17);. The second-order valence-corrected chi connectivity index (χ2v) is 4.56. The van der Waals surface area contributed by atoms with Gasteiger partial charge in [-0.15, -0.1) is 0 Å². The van der Waals surface area contributed by atoms with Crippen molar-refractivity contribution in [2.75, 3.05) is 0 Å². The molecule has 0 aliphatic heterocycles. The molecule has 0 bridgehead atoms. The van der Waals surface area contributed by atoms with Crippen LogP contribution in [0.25, 0.3) is 0 Å². The molecular weight excluding hydrogens is 299 g/mol. The van der Waals surface area contributed by atoms with Gasteiger partial charge in [-0.3, -0.25) is 4.79 Å². The molecule has 6 heteroatoms. The molecule has 1 aromatic carbocycles. The Hall–Kier alpha value is -0.897. The number of hydrogen-bond donors (Lipinski definition) is 1. The van der Waals surface area contributed by atoms with Crippen LogP contribution in [-0.2, 0) is 36.9 Å². The summed E-state index contributed by atoms with van der Waals surface area (Å²) in [5.41, 5.74) is -1.46. The maximum atomic E-state index is 12.4. The van der Waals surface area contributed by atoms with Crippen LogP contribution in [0.4, 0.5) is 13.2 Å². The third-order valence-corrected chi connectivity index (χ3v) is 2.48. The van der Waals surface area contributed by atoms with E-state index in [0.717, 1.165) is 12.1 Å². The van der Waals surface area contributed by atoms with Crippen molar-refractivity contribution in [1.29, 1.82) is 0 Å². The third-order valence-electron chi connectivity index (χ3n) is 2.48. The summed E-state index contributed by atoms with van der Waals surface area (Å²) in [4.78, 5) is 10.9. The fourth-order valence-electron chi connectivity index (χ4n) is 1.44. The first-order valence-corrected chi connectivity index (χ1v) is 5.02. The van der Waals surface area contributed by atoms with Crippen LogP contribution in [0.15, 0.2) is 24.3 Å². The van der Waals surface area contributed by atoms with Crippen molar-refractivity contribution in [3.05, 3.63) is 35.4 Å². The second kappa shape index (κ2) is 5.83. The number of carboxylic acids is 1. The van der Waals surface area contributed by atoms with Gasteiger partial charge in [-0.1, -0.05) is 18.2 Å². The summed E-state index contributed by atoms with van der Waals surface area (Å²) >= 11 is 0. The van der Waals surface area contributed by atoms with Crippen molar-refractivity contribution in [2.45, 2.75) is 26.4 Å². The zero-order valence-corrected chi connectivity index (χ0v) is 13.2. The number of carboxylic acid groups (broad SMARTS) is 1. The average Bonchev–Trinajstić information content (AvgIpc) is 2.15. The molecule has 0 saturated heterocycles. The SMILES string of the molecule is CC(C)(Cc1cccc(C(F)(F)F)c1)C(=O)O.[Zn]. The minimum atomic E-state index is -4.40. The number of aliphatic carboxylic acids is 1. The number of carbonyl (C=O) groups is 1. The van der Waals surface area contributed by atoms with Gasteiger partial charge in [0.05, 0.1) is 11.0 Å². The van der Waals surface area contributed by atoms with Gasteiger partial charge >= 0.3 is 12.1 Å². The number of benzene rings is 1. The Morgan fingerprint density at radius 1 is 1.28 bits per heavy atom. The van der Waals surface area contributed by atoms with Crippen LogP contribution < -0.4 is 0 Å². The van der Waals surface area contributed by atoms with E-state index < -0.39 is 23.1 Å². The van der Waals surface area contributed by atoms with Gasteiger partial charge in [0.1, 0.15) is 0 Å². The molecule has 0 radical (unpaired) electrons. The van der Waals surface area contributed by atoms with E-state index in [2.05, 4.69) is 0 Å². The summed E-state index contributed by atoms with van der Waals surface area (Å²) in [6.07, 6.45) is -4.34. The van der Waals surface area contributed by atoms with Crippen molar-refractivity contribution in [2.24, 2.45) is 5.41 Å². The van der Waals surface area contributed by atoms with Crippen LogP contribution >= 0.6 is 0 Å². The van der Waals surface area contributed by atoms with E-state index in [0.29, 0.717) is 5.56 Å². The maximum absolute atomic E-state index is 12.4. The summed E-state index contributed by atoms with van der Waals surface area (Å²) < 4.78 is 37.3. The minimum absolute atomic E-state index is 0. The summed E-state index contributed by atoms with van der Waals surface area (Å²) in [6, 6.07) is 4.75. The van der Waals surface area contributed by atoms with Crippen LogP contribution in [-0.4, -0.2) is 11.1 Å². The molecule has 0 atom stereocenters. The van der Waals surface area contributed by atoms with Crippen LogP contribution in [0.2, 0.25) is 0 Å². The Morgan fingerprint density at radius 2 is 1.83 bits per heavy atom. The van der Waals surface area contributed by atoms with E-state index in [4.69, 9.17) is 5.11 Å². The first-order valence-electron chi connectivity index (χ1n) is 5.02. The average molecular weight is 312 g/mol. The number of rotatable bonds is 3. The van der Waals surface area contributed by atoms with Gasteiger partial charge in [-0.2, -0.15) is 13.2 Å². The van der Waals surface area contributed by atoms with Gasteiger partial charge in [0.25, 0.3) is 0 Å². The number of halogens is 3. The van der Waals surface area contributed by atoms with Crippen LogP contribution in [0.1, 0.15) is 25.0 Å². The summed E-state index contributed by atoms with van der Waals surface area (Å²) in [5, 5.41) is 8.91. The Morgan fingerprint density at radius 3 is 2.28 bits per heavy atom. The van der Waals surface area contributed by atoms with E-state index in [9.17, 15) is 18.0 Å². The molecule has 0 spiro atoms. The van der Waals surface area contributed by atoms with E-state index in [-0.39, 0.29) is 25.9 Å². The molecule has 0 fully saturated rings. The van der Waals surface area contributed by atoms with Crippen LogP contribution in [0.5, 0.6) is 0 Å². The molecule has 1 N–H and O–H groups in total. The third kappa shape index (κ3) is 4.41. The van der Waals surface area contributed by atoms with Gasteiger partial charge in [-0.05, 0) is 31.9 Å². The Labute approximate surface area is 116 Å². The predicted octanol–water partition coefficient (Wildman–Crippen LogP) is 3.36. The Kier molecular flexibility index (Phi) is 5.54. The van der Waals surface area contributed by atoms with Gasteiger partial charge in [0, 0.05) is 19.5 Å². The van der Waals surface area contributed by atoms with Crippen molar-refractivity contribution >= 4 is 5.97 Å². The molecule has 0 aliphatic carbocycles. The zero-order chi connectivity index (χ0) is 13.3. The fraction of sp³-hybridized carbons (Fsp3) is 0.417. The monoisotopic (exact) mass is 310 g/mol. The maximum Gasteiger partial charge on any atom is 0.416 e. The molecule has 0 saturated carbocycles. The predicted molar refractivity (Wildman–Crippen MR) is 56.6 cm³/mol. The van der Waals surface area contributed by atoms with Crippen molar-refractivity contribution in [1.82, 2.24) is 0 Å². The molecule has 1 aromatic rings. The minimum Gasteiger partial charge on any atom is -0.481 e. The Bertz CT molecular complexity index is 428. The molecule has 1 rings (SSSR count). The molecule has 2 nitrogen and oxygen atoms in total. The van der Waals surface area contributed by atoms with E-state index in [1.807, 2.05) is 0 Å². The quantitative estimate of drug-likeness (QED) is 0.869. The van der Waals surface area contributed by atoms with Gasteiger partial charge in [-0.25, -0.2) is 0 Å². The van der Waals surface area contributed by atoms with E-state index in [1.165, 1.54) is 26.0 Å². The van der Waals surface area contributed by atoms with E-state index in [1.54, 1.807) is 0 Å². The van der Waals surface area contributed by atoms with Crippen LogP contribution in [0.3, 0.4) is 0 Å². The topological polar surface area (TPSA) is 37.3 Å². The molecule has 96 valence electrons. The molecule has 0 unspecified atom stereocenters. The number of hydrogen-bond acceptors (Lipinski definition) is 1. The van der Waals surface area contributed by atoms with E-state index >= 15 is 0 Å². The molecular formula is C12H13F3O2Zn. The van der Waals surface area contributed by atoms with Crippen molar-refractivity contribution in [3.63, 3.8) is 0 Å². The molecule has 0 amide bonds. The summed E-state index contributed by atoms with van der Waals surface area (Å²) in [6.45, 7) is 2.96. The first-order chi connectivity index (χ1) is 7.63. The van der Waals surface area contributed by atoms with Crippen LogP contribution in [0, 0.1) is 5.41 Å². The zero-order valence-electron chi connectivity index (χ0n) is 10.2. The van der Waals surface area contributed by atoms with Gasteiger partial charge in [0.2, 0.25) is 0 Å². The summed E-state index contributed by atoms with van der Waals surface area (Å²) in [5.74, 6) is -1.03. The summed E-state index contributed by atoms with van der Waals surface area (Å²) in [7, 11) is 0. The molecule has 0 aliphatic rings. The van der Waals surface area contributed by atoms with Crippen molar-refractivity contribution in [3.8, 4) is 0 Å². The van der Waals surface area contributed by atoms with Crippen molar-refractivity contribution < 1.29 is 42.6 Å². The first kappa shape index (κ1) is 17.1. The second-order valence-electron chi connectivity index (χ2n) is 4.56. The molecule has 18 heavy (non-hydrogen) atoms.